The molecule has 0 aromatic heterocycles. The lowest BCUT2D eigenvalue weighted by atomic mass is 9.85. The molecule has 10 heavy (non-hydrogen) atoms. The number of halogens is 1. The summed E-state index contributed by atoms with van der Waals surface area (Å²) in [4.78, 5) is 0. The highest BCUT2D eigenvalue weighted by Gasteiger charge is 2.16. The summed E-state index contributed by atoms with van der Waals surface area (Å²) in [7, 11) is 0. The number of hydrogen-bond acceptors (Lipinski definition) is 1. The molecule has 0 radical (unpaired) electrons. The molecule has 1 aliphatic carbocycles. The van der Waals surface area contributed by atoms with E-state index in [2.05, 4.69) is 6.92 Å². The van der Waals surface area contributed by atoms with Gasteiger partial charge < -0.3 is 5.73 Å². The quantitative estimate of drug-likeness (QED) is 0.631. The molecule has 0 bridgehead atoms. The first-order valence-corrected chi connectivity index (χ1v) is 4.08. The van der Waals surface area contributed by atoms with Crippen LogP contribution in [0.3, 0.4) is 0 Å². The van der Waals surface area contributed by atoms with Crippen molar-refractivity contribution in [1.29, 1.82) is 0 Å². The minimum Gasteiger partial charge on any atom is -0.328 e. The predicted octanol–water partition coefficient (Wildman–Crippen LogP) is 2.34. The van der Waals surface area contributed by atoms with E-state index in [1.165, 1.54) is 32.1 Å². The molecular weight excluding hydrogens is 146 g/mol. The molecule has 0 spiro atoms. The largest absolute Gasteiger partial charge is 0.328 e. The third-order valence-electron chi connectivity index (χ3n) is 2.40. The lowest BCUT2D eigenvalue weighted by Gasteiger charge is -2.25. The standard InChI is InChI=1S/C8H17N.ClH/c1-2-7-4-3-5-8(9)6-7;/h7-8H,2-6,9H2,1H3;1H. The van der Waals surface area contributed by atoms with Crippen LogP contribution >= 0.6 is 12.4 Å². The van der Waals surface area contributed by atoms with Gasteiger partial charge in [-0.05, 0) is 18.8 Å². The number of rotatable bonds is 1. The van der Waals surface area contributed by atoms with E-state index in [1.807, 2.05) is 0 Å². The highest BCUT2D eigenvalue weighted by atomic mass is 35.5. The molecule has 0 aromatic rings. The van der Waals surface area contributed by atoms with Crippen LogP contribution in [0.4, 0.5) is 0 Å². The smallest absolute Gasteiger partial charge is 0.00414 e. The van der Waals surface area contributed by atoms with E-state index in [0.29, 0.717) is 6.04 Å². The average Bonchev–Trinajstić information content (AvgIpc) is 1.88. The Morgan fingerprint density at radius 3 is 2.50 bits per heavy atom. The maximum Gasteiger partial charge on any atom is 0.00414 e. The monoisotopic (exact) mass is 163 g/mol. The summed E-state index contributed by atoms with van der Waals surface area (Å²) in [5, 5.41) is 0. The van der Waals surface area contributed by atoms with E-state index < -0.39 is 0 Å². The van der Waals surface area contributed by atoms with Crippen molar-refractivity contribution in [2.24, 2.45) is 11.7 Å². The fraction of sp³-hybridized carbons (Fsp3) is 1.00. The van der Waals surface area contributed by atoms with Gasteiger partial charge in [-0.3, -0.25) is 0 Å². The first kappa shape index (κ1) is 10.2. The highest BCUT2D eigenvalue weighted by Crippen LogP contribution is 2.24. The van der Waals surface area contributed by atoms with E-state index in [-0.39, 0.29) is 12.4 Å². The molecule has 1 nitrogen and oxygen atoms in total. The average molecular weight is 164 g/mol. The zero-order chi connectivity index (χ0) is 6.69. The van der Waals surface area contributed by atoms with Crippen LogP contribution in [0.15, 0.2) is 0 Å². The molecular formula is C8H18ClN. The number of hydrogen-bond donors (Lipinski definition) is 1. The molecule has 0 heterocycles. The van der Waals surface area contributed by atoms with Crippen LogP contribution in [0, 0.1) is 5.92 Å². The Balaban J connectivity index is 0.000000810. The van der Waals surface area contributed by atoms with Gasteiger partial charge >= 0.3 is 0 Å². The van der Waals surface area contributed by atoms with Crippen LogP contribution in [0.1, 0.15) is 39.0 Å². The molecule has 0 aromatic carbocycles. The molecule has 62 valence electrons. The third-order valence-corrected chi connectivity index (χ3v) is 2.40. The van der Waals surface area contributed by atoms with Gasteiger partial charge in [0, 0.05) is 6.04 Å². The molecule has 1 rings (SSSR count). The topological polar surface area (TPSA) is 26.0 Å². The van der Waals surface area contributed by atoms with Gasteiger partial charge in [-0.15, -0.1) is 12.4 Å². The molecule has 0 amide bonds. The summed E-state index contributed by atoms with van der Waals surface area (Å²) in [5.74, 6) is 0.939. The maximum absolute atomic E-state index is 5.80. The molecule has 1 aliphatic rings. The predicted molar refractivity (Wildman–Crippen MR) is 47.5 cm³/mol. The third kappa shape index (κ3) is 2.89. The molecule has 1 saturated carbocycles. The zero-order valence-electron chi connectivity index (χ0n) is 6.68. The molecule has 2 unspecified atom stereocenters. The lowest BCUT2D eigenvalue weighted by Crippen LogP contribution is -2.27. The van der Waals surface area contributed by atoms with Gasteiger partial charge in [0.05, 0.1) is 0 Å². The fourth-order valence-electron chi connectivity index (χ4n) is 1.70. The van der Waals surface area contributed by atoms with Gasteiger partial charge in [0.2, 0.25) is 0 Å². The minimum absolute atomic E-state index is 0. The summed E-state index contributed by atoms with van der Waals surface area (Å²) in [6.45, 7) is 2.27. The second kappa shape index (κ2) is 4.97. The molecule has 2 atom stereocenters. The van der Waals surface area contributed by atoms with Crippen molar-refractivity contribution in [2.45, 2.75) is 45.1 Å². The Hall–Kier alpha value is 0.250. The fourth-order valence-corrected chi connectivity index (χ4v) is 1.70. The summed E-state index contributed by atoms with van der Waals surface area (Å²) in [6.07, 6.45) is 6.64. The van der Waals surface area contributed by atoms with Gasteiger partial charge in [-0.25, -0.2) is 0 Å². The van der Waals surface area contributed by atoms with E-state index in [1.54, 1.807) is 0 Å². The summed E-state index contributed by atoms with van der Waals surface area (Å²) >= 11 is 0. The van der Waals surface area contributed by atoms with Gasteiger partial charge in [-0.1, -0.05) is 26.2 Å². The van der Waals surface area contributed by atoms with Crippen LogP contribution in [-0.2, 0) is 0 Å². The van der Waals surface area contributed by atoms with Crippen LogP contribution in [0.5, 0.6) is 0 Å². The van der Waals surface area contributed by atoms with Crippen molar-refractivity contribution < 1.29 is 0 Å². The van der Waals surface area contributed by atoms with Crippen molar-refractivity contribution in [3.8, 4) is 0 Å². The van der Waals surface area contributed by atoms with Crippen LogP contribution in [-0.4, -0.2) is 6.04 Å². The Labute approximate surface area is 69.8 Å². The minimum atomic E-state index is 0. The van der Waals surface area contributed by atoms with Crippen LogP contribution < -0.4 is 5.73 Å². The van der Waals surface area contributed by atoms with Crippen molar-refractivity contribution in [3.05, 3.63) is 0 Å². The summed E-state index contributed by atoms with van der Waals surface area (Å²) < 4.78 is 0. The molecule has 0 aliphatic heterocycles. The molecule has 2 heteroatoms. The van der Waals surface area contributed by atoms with E-state index >= 15 is 0 Å². The van der Waals surface area contributed by atoms with Crippen LogP contribution in [0.25, 0.3) is 0 Å². The van der Waals surface area contributed by atoms with Crippen molar-refractivity contribution in [3.63, 3.8) is 0 Å². The van der Waals surface area contributed by atoms with Gasteiger partial charge in [0.25, 0.3) is 0 Å². The molecule has 2 N–H and O–H groups in total. The van der Waals surface area contributed by atoms with Gasteiger partial charge in [0.1, 0.15) is 0 Å². The maximum atomic E-state index is 5.80. The van der Waals surface area contributed by atoms with Gasteiger partial charge in [-0.2, -0.15) is 0 Å². The lowest BCUT2D eigenvalue weighted by molar-refractivity contribution is 0.315. The van der Waals surface area contributed by atoms with E-state index in [0.717, 1.165) is 5.92 Å². The van der Waals surface area contributed by atoms with E-state index in [4.69, 9.17) is 5.73 Å². The Morgan fingerprint density at radius 1 is 1.40 bits per heavy atom. The Bertz CT molecular complexity index is 85.3. The number of nitrogens with two attached hydrogens (primary N) is 1. The first-order chi connectivity index (χ1) is 4.33. The molecule has 1 fully saturated rings. The van der Waals surface area contributed by atoms with E-state index in [9.17, 15) is 0 Å². The van der Waals surface area contributed by atoms with Crippen molar-refractivity contribution >= 4 is 12.4 Å². The highest BCUT2D eigenvalue weighted by molar-refractivity contribution is 5.85. The second-order valence-electron chi connectivity index (χ2n) is 3.20. The zero-order valence-corrected chi connectivity index (χ0v) is 7.49. The normalized spacial score (nSPS) is 33.0. The second-order valence-corrected chi connectivity index (χ2v) is 3.20. The first-order valence-electron chi connectivity index (χ1n) is 4.08. The Morgan fingerprint density at radius 2 is 2.10 bits per heavy atom. The van der Waals surface area contributed by atoms with Crippen molar-refractivity contribution in [1.82, 2.24) is 0 Å². The summed E-state index contributed by atoms with van der Waals surface area (Å²) in [6, 6.07) is 0.517. The van der Waals surface area contributed by atoms with Crippen molar-refractivity contribution in [2.75, 3.05) is 0 Å². The SMILES string of the molecule is CCC1CCCC(N)C1.Cl. The summed E-state index contributed by atoms with van der Waals surface area (Å²) in [5.41, 5.74) is 5.80. The van der Waals surface area contributed by atoms with Gasteiger partial charge in [0.15, 0.2) is 0 Å². The Kier molecular flexibility index (Phi) is 5.10. The molecule has 0 saturated heterocycles. The van der Waals surface area contributed by atoms with Crippen LogP contribution in [0.2, 0.25) is 0 Å².